The highest BCUT2D eigenvalue weighted by molar-refractivity contribution is 9.09. The maximum atomic E-state index is 11.8. The molecule has 19 heavy (non-hydrogen) atoms. The lowest BCUT2D eigenvalue weighted by atomic mass is 10.1. The summed E-state index contributed by atoms with van der Waals surface area (Å²) in [4.78, 5) is 18.2. The summed E-state index contributed by atoms with van der Waals surface area (Å²) in [6.45, 7) is 0.691. The number of aromatic nitrogens is 1. The molecule has 0 N–H and O–H groups in total. The van der Waals surface area contributed by atoms with Crippen molar-refractivity contribution in [3.05, 3.63) is 48.7 Å². The first-order valence-electron chi connectivity index (χ1n) is 6.20. The van der Waals surface area contributed by atoms with Crippen LogP contribution in [0.5, 0.6) is 0 Å². The van der Waals surface area contributed by atoms with Crippen molar-refractivity contribution in [1.82, 2.24) is 4.98 Å². The molecule has 0 radical (unpaired) electrons. The average Bonchev–Trinajstić information content (AvgIpc) is 2.79. The summed E-state index contributed by atoms with van der Waals surface area (Å²) in [6.07, 6.45) is 2.36. The van der Waals surface area contributed by atoms with E-state index < -0.39 is 0 Å². The van der Waals surface area contributed by atoms with E-state index >= 15 is 0 Å². The molecule has 0 aliphatic carbocycles. The molecule has 1 aliphatic heterocycles. The summed E-state index contributed by atoms with van der Waals surface area (Å²) in [6, 6.07) is 14.0. The fourth-order valence-electron chi connectivity index (χ4n) is 2.23. The van der Waals surface area contributed by atoms with Crippen molar-refractivity contribution < 1.29 is 4.79 Å². The van der Waals surface area contributed by atoms with Crippen LogP contribution in [0.4, 0.5) is 5.82 Å². The van der Waals surface area contributed by atoms with Gasteiger partial charge in [0, 0.05) is 29.6 Å². The van der Waals surface area contributed by atoms with Crippen LogP contribution in [0.15, 0.2) is 48.7 Å². The van der Waals surface area contributed by atoms with Gasteiger partial charge in [-0.25, -0.2) is 4.98 Å². The summed E-state index contributed by atoms with van der Waals surface area (Å²) in [5.41, 5.74) is 2.19. The van der Waals surface area contributed by atoms with Crippen LogP contribution in [-0.2, 0) is 4.79 Å². The van der Waals surface area contributed by atoms with Crippen LogP contribution in [0.1, 0.15) is 6.42 Å². The third kappa shape index (κ3) is 2.54. The minimum atomic E-state index is 0.127. The van der Waals surface area contributed by atoms with Crippen molar-refractivity contribution in [2.75, 3.05) is 11.4 Å². The highest BCUT2D eigenvalue weighted by Gasteiger charge is 2.29. The fraction of sp³-hybridized carbons (Fsp3) is 0.200. The standard InChI is InChI=1S/C15H13BrN2O/c16-13-8-15(19)18(10-13)14-7-6-12(9-17-14)11-4-2-1-3-5-11/h1-7,9,13H,8,10H2. The van der Waals surface area contributed by atoms with Gasteiger partial charge in [-0.3, -0.25) is 9.69 Å². The largest absolute Gasteiger partial charge is 0.296 e. The van der Waals surface area contributed by atoms with Gasteiger partial charge in [0.15, 0.2) is 0 Å². The van der Waals surface area contributed by atoms with Gasteiger partial charge in [-0.05, 0) is 17.7 Å². The van der Waals surface area contributed by atoms with E-state index in [-0.39, 0.29) is 10.7 Å². The van der Waals surface area contributed by atoms with E-state index in [1.807, 2.05) is 48.7 Å². The molecule has 0 spiro atoms. The third-order valence-electron chi connectivity index (χ3n) is 3.21. The number of rotatable bonds is 2. The number of anilines is 1. The van der Waals surface area contributed by atoms with Gasteiger partial charge in [-0.15, -0.1) is 0 Å². The molecule has 4 heteroatoms. The van der Waals surface area contributed by atoms with Crippen LogP contribution in [0.2, 0.25) is 0 Å². The average molecular weight is 317 g/mol. The van der Waals surface area contributed by atoms with Gasteiger partial charge in [-0.2, -0.15) is 0 Å². The monoisotopic (exact) mass is 316 g/mol. The molecule has 0 bridgehead atoms. The number of hydrogen-bond donors (Lipinski definition) is 0. The van der Waals surface area contributed by atoms with Crippen molar-refractivity contribution in [3.63, 3.8) is 0 Å². The number of carbonyl (C=O) groups excluding carboxylic acids is 1. The lowest BCUT2D eigenvalue weighted by Crippen LogP contribution is -2.25. The van der Waals surface area contributed by atoms with E-state index in [4.69, 9.17) is 0 Å². The van der Waals surface area contributed by atoms with Crippen molar-refractivity contribution in [1.29, 1.82) is 0 Å². The molecule has 1 fully saturated rings. The van der Waals surface area contributed by atoms with Gasteiger partial charge >= 0.3 is 0 Å². The SMILES string of the molecule is O=C1CC(Br)CN1c1ccc(-c2ccccc2)cn1. The molecule has 1 aromatic carbocycles. The van der Waals surface area contributed by atoms with Crippen molar-refractivity contribution in [2.24, 2.45) is 0 Å². The van der Waals surface area contributed by atoms with Crippen LogP contribution < -0.4 is 4.90 Å². The zero-order valence-corrected chi connectivity index (χ0v) is 11.9. The molecule has 1 unspecified atom stereocenters. The van der Waals surface area contributed by atoms with Crippen LogP contribution >= 0.6 is 15.9 Å². The van der Waals surface area contributed by atoms with Gasteiger partial charge in [0.25, 0.3) is 0 Å². The summed E-state index contributed by atoms with van der Waals surface area (Å²) in [5, 5.41) is 0. The Hall–Kier alpha value is -1.68. The summed E-state index contributed by atoms with van der Waals surface area (Å²) < 4.78 is 0. The Balaban J connectivity index is 1.86. The molecule has 1 saturated heterocycles. The normalized spacial score (nSPS) is 18.9. The first-order valence-corrected chi connectivity index (χ1v) is 7.11. The molecule has 1 atom stereocenters. The number of amides is 1. The maximum absolute atomic E-state index is 11.8. The lowest BCUT2D eigenvalue weighted by molar-refractivity contribution is -0.117. The Morgan fingerprint density at radius 3 is 2.47 bits per heavy atom. The Morgan fingerprint density at radius 2 is 1.89 bits per heavy atom. The lowest BCUT2D eigenvalue weighted by Gasteiger charge is -2.14. The quantitative estimate of drug-likeness (QED) is 0.797. The molecule has 1 amide bonds. The number of hydrogen-bond acceptors (Lipinski definition) is 2. The Bertz CT molecular complexity index is 583. The number of benzene rings is 1. The van der Waals surface area contributed by atoms with E-state index in [1.54, 1.807) is 4.90 Å². The zero-order chi connectivity index (χ0) is 13.2. The van der Waals surface area contributed by atoms with Crippen molar-refractivity contribution >= 4 is 27.7 Å². The molecule has 3 nitrogen and oxygen atoms in total. The Labute approximate surface area is 120 Å². The Kier molecular flexibility index (Phi) is 3.34. The smallest absolute Gasteiger partial charge is 0.229 e. The minimum Gasteiger partial charge on any atom is -0.296 e. The predicted molar refractivity (Wildman–Crippen MR) is 79.4 cm³/mol. The van der Waals surface area contributed by atoms with Crippen LogP contribution in [0.3, 0.4) is 0 Å². The van der Waals surface area contributed by atoms with E-state index in [1.165, 1.54) is 0 Å². The van der Waals surface area contributed by atoms with Gasteiger partial charge < -0.3 is 0 Å². The van der Waals surface area contributed by atoms with E-state index in [0.29, 0.717) is 13.0 Å². The summed E-state index contributed by atoms with van der Waals surface area (Å²) in [7, 11) is 0. The Morgan fingerprint density at radius 1 is 1.11 bits per heavy atom. The number of carbonyl (C=O) groups is 1. The summed E-state index contributed by atoms with van der Waals surface area (Å²) in [5.74, 6) is 0.855. The fourth-order valence-corrected chi connectivity index (χ4v) is 2.80. The van der Waals surface area contributed by atoms with Gasteiger partial charge in [0.05, 0.1) is 0 Å². The van der Waals surface area contributed by atoms with Crippen LogP contribution in [-0.4, -0.2) is 22.3 Å². The molecular weight excluding hydrogens is 304 g/mol. The number of halogens is 1. The molecule has 1 aromatic heterocycles. The number of pyridine rings is 1. The van der Waals surface area contributed by atoms with Crippen LogP contribution in [0, 0.1) is 0 Å². The highest BCUT2D eigenvalue weighted by atomic mass is 79.9. The number of nitrogens with zero attached hydrogens (tertiary/aromatic N) is 2. The second-order valence-electron chi connectivity index (χ2n) is 4.58. The second kappa shape index (κ2) is 5.13. The maximum Gasteiger partial charge on any atom is 0.229 e. The summed E-state index contributed by atoms with van der Waals surface area (Å²) >= 11 is 3.48. The highest BCUT2D eigenvalue weighted by Crippen LogP contribution is 2.25. The predicted octanol–water partition coefficient (Wildman–Crippen LogP) is 3.25. The number of alkyl halides is 1. The zero-order valence-electron chi connectivity index (χ0n) is 10.3. The minimum absolute atomic E-state index is 0.127. The van der Waals surface area contributed by atoms with Gasteiger partial charge in [0.2, 0.25) is 5.91 Å². The molecule has 96 valence electrons. The van der Waals surface area contributed by atoms with E-state index in [0.717, 1.165) is 16.9 Å². The molecule has 0 saturated carbocycles. The van der Waals surface area contributed by atoms with Crippen molar-refractivity contribution in [2.45, 2.75) is 11.2 Å². The van der Waals surface area contributed by atoms with E-state index in [2.05, 4.69) is 20.9 Å². The molecule has 1 aliphatic rings. The van der Waals surface area contributed by atoms with Gasteiger partial charge in [-0.1, -0.05) is 46.3 Å². The van der Waals surface area contributed by atoms with Crippen LogP contribution in [0.25, 0.3) is 11.1 Å². The first-order chi connectivity index (χ1) is 9.24. The topological polar surface area (TPSA) is 33.2 Å². The molecular formula is C15H13BrN2O. The van der Waals surface area contributed by atoms with E-state index in [9.17, 15) is 4.79 Å². The van der Waals surface area contributed by atoms with Crippen molar-refractivity contribution in [3.8, 4) is 11.1 Å². The molecule has 2 heterocycles. The first kappa shape index (κ1) is 12.4. The second-order valence-corrected chi connectivity index (χ2v) is 5.87. The third-order valence-corrected chi connectivity index (χ3v) is 3.82. The molecule has 3 rings (SSSR count). The van der Waals surface area contributed by atoms with Gasteiger partial charge in [0.1, 0.15) is 5.82 Å². The molecule has 2 aromatic rings.